The van der Waals surface area contributed by atoms with Crippen molar-refractivity contribution in [3.63, 3.8) is 0 Å². The zero-order valence-corrected chi connectivity index (χ0v) is 8.46. The average Bonchev–Trinajstić information content (AvgIpc) is 2.15. The van der Waals surface area contributed by atoms with E-state index in [2.05, 4.69) is 0 Å². The van der Waals surface area contributed by atoms with Crippen LogP contribution in [0.5, 0.6) is 0 Å². The molecule has 3 nitrogen and oxygen atoms in total. The Morgan fingerprint density at radius 1 is 1.13 bits per heavy atom. The Labute approximate surface area is 86.5 Å². The van der Waals surface area contributed by atoms with Crippen LogP contribution in [0.4, 0.5) is 9.57 Å². The van der Waals surface area contributed by atoms with Crippen LogP contribution in [0, 0.1) is 0 Å². The van der Waals surface area contributed by atoms with Crippen molar-refractivity contribution >= 4 is 26.7 Å². The van der Waals surface area contributed by atoms with E-state index in [1.807, 2.05) is 0 Å². The van der Waals surface area contributed by atoms with Crippen LogP contribution in [0.2, 0.25) is 0 Å². The second kappa shape index (κ2) is 3.20. The number of hydrogen-bond donors (Lipinski definition) is 1. The maximum absolute atomic E-state index is 12.9. The highest BCUT2D eigenvalue weighted by Crippen LogP contribution is 2.26. The summed E-state index contributed by atoms with van der Waals surface area (Å²) in [5.74, 6) is 0. The molecule has 2 N–H and O–H groups in total. The van der Waals surface area contributed by atoms with Gasteiger partial charge in [-0.3, -0.25) is 0 Å². The summed E-state index contributed by atoms with van der Waals surface area (Å²) in [6, 6.07) is 9.14. The zero-order valence-electron chi connectivity index (χ0n) is 7.64. The molecule has 0 heterocycles. The summed E-state index contributed by atoms with van der Waals surface area (Å²) in [4.78, 5) is -0.340. The van der Waals surface area contributed by atoms with Crippen LogP contribution in [0.1, 0.15) is 0 Å². The Hall–Kier alpha value is -1.62. The Kier molecular flexibility index (Phi) is 2.12. The number of hydrogen-bond acceptors (Lipinski definition) is 3. The first-order valence-corrected chi connectivity index (χ1v) is 5.60. The van der Waals surface area contributed by atoms with Crippen LogP contribution < -0.4 is 5.73 Å². The summed E-state index contributed by atoms with van der Waals surface area (Å²) in [5, 5.41) is 0.947. The van der Waals surface area contributed by atoms with Crippen LogP contribution in [0.3, 0.4) is 0 Å². The first-order valence-electron chi connectivity index (χ1n) is 4.21. The standard InChI is InChI=1S/C10H8FNO2S/c11-15(13,14)10-3-1-2-7-4-5-8(12)6-9(7)10/h1-6H,12H2. The number of fused-ring (bicyclic) bond motifs is 1. The molecule has 15 heavy (non-hydrogen) atoms. The highest BCUT2D eigenvalue weighted by atomic mass is 32.3. The molecule has 0 aliphatic carbocycles. The molecule has 2 rings (SSSR count). The van der Waals surface area contributed by atoms with Gasteiger partial charge in [0.25, 0.3) is 0 Å². The highest BCUT2D eigenvalue weighted by Gasteiger charge is 2.15. The largest absolute Gasteiger partial charge is 0.399 e. The third-order valence-corrected chi connectivity index (χ3v) is 3.01. The van der Waals surface area contributed by atoms with E-state index in [1.54, 1.807) is 18.2 Å². The van der Waals surface area contributed by atoms with Crippen molar-refractivity contribution in [1.29, 1.82) is 0 Å². The van der Waals surface area contributed by atoms with Crippen molar-refractivity contribution in [2.75, 3.05) is 5.73 Å². The lowest BCUT2D eigenvalue weighted by molar-refractivity contribution is 0.553. The molecule has 78 valence electrons. The normalized spacial score (nSPS) is 11.8. The van der Waals surface area contributed by atoms with E-state index in [9.17, 15) is 12.3 Å². The van der Waals surface area contributed by atoms with Crippen molar-refractivity contribution in [1.82, 2.24) is 0 Å². The monoisotopic (exact) mass is 225 g/mol. The van der Waals surface area contributed by atoms with Gasteiger partial charge in [0.05, 0.1) is 0 Å². The SMILES string of the molecule is Nc1ccc2cccc(S(=O)(=O)F)c2c1. The van der Waals surface area contributed by atoms with Crippen molar-refractivity contribution in [2.24, 2.45) is 0 Å². The van der Waals surface area contributed by atoms with E-state index in [0.29, 0.717) is 16.5 Å². The Morgan fingerprint density at radius 3 is 2.53 bits per heavy atom. The Bertz CT molecular complexity index is 622. The van der Waals surface area contributed by atoms with Gasteiger partial charge in [-0.05, 0) is 23.6 Å². The molecule has 0 atom stereocenters. The predicted molar refractivity (Wildman–Crippen MR) is 56.7 cm³/mol. The molecule has 0 amide bonds. The molecule has 2 aromatic rings. The van der Waals surface area contributed by atoms with Gasteiger partial charge in [0, 0.05) is 11.1 Å². The molecule has 0 saturated carbocycles. The summed E-state index contributed by atoms with van der Waals surface area (Å²) in [5.41, 5.74) is 5.92. The maximum atomic E-state index is 12.9. The third kappa shape index (κ3) is 1.78. The molecule has 0 aliphatic rings. The number of anilines is 1. The maximum Gasteiger partial charge on any atom is 0.332 e. The smallest absolute Gasteiger partial charge is 0.332 e. The van der Waals surface area contributed by atoms with Gasteiger partial charge in [0.2, 0.25) is 0 Å². The Balaban J connectivity index is 2.92. The number of nitrogen functional groups attached to an aromatic ring is 1. The third-order valence-electron chi connectivity index (χ3n) is 2.13. The van der Waals surface area contributed by atoms with Crippen molar-refractivity contribution in [2.45, 2.75) is 4.90 Å². The molecule has 0 spiro atoms. The zero-order chi connectivity index (χ0) is 11.1. The highest BCUT2D eigenvalue weighted by molar-refractivity contribution is 7.86. The molecule has 0 unspecified atom stereocenters. The summed E-state index contributed by atoms with van der Waals surface area (Å²) in [6.45, 7) is 0. The topological polar surface area (TPSA) is 60.2 Å². The minimum Gasteiger partial charge on any atom is -0.399 e. The van der Waals surface area contributed by atoms with Crippen molar-refractivity contribution in [3.8, 4) is 0 Å². The van der Waals surface area contributed by atoms with E-state index in [4.69, 9.17) is 5.73 Å². The van der Waals surface area contributed by atoms with Crippen LogP contribution in [-0.4, -0.2) is 8.42 Å². The Morgan fingerprint density at radius 2 is 1.87 bits per heavy atom. The van der Waals surface area contributed by atoms with E-state index < -0.39 is 10.2 Å². The molecular weight excluding hydrogens is 217 g/mol. The quantitative estimate of drug-likeness (QED) is 0.597. The molecule has 5 heteroatoms. The first kappa shape index (κ1) is 9.92. The molecule has 0 fully saturated rings. The van der Waals surface area contributed by atoms with Gasteiger partial charge in [0.15, 0.2) is 0 Å². The van der Waals surface area contributed by atoms with Gasteiger partial charge in [0.1, 0.15) is 4.90 Å². The van der Waals surface area contributed by atoms with Gasteiger partial charge in [-0.25, -0.2) is 0 Å². The fourth-order valence-electron chi connectivity index (χ4n) is 1.47. The molecule has 2 aromatic carbocycles. The molecule has 0 bridgehead atoms. The van der Waals surface area contributed by atoms with Gasteiger partial charge in [-0.15, -0.1) is 3.89 Å². The first-order chi connectivity index (χ1) is 6.98. The minimum atomic E-state index is -4.70. The van der Waals surface area contributed by atoms with Gasteiger partial charge >= 0.3 is 10.2 Å². The second-order valence-electron chi connectivity index (χ2n) is 3.17. The number of rotatable bonds is 1. The fraction of sp³-hybridized carbons (Fsp3) is 0. The van der Waals surface area contributed by atoms with Crippen LogP contribution in [0.15, 0.2) is 41.3 Å². The average molecular weight is 225 g/mol. The van der Waals surface area contributed by atoms with Gasteiger partial charge < -0.3 is 5.73 Å². The number of nitrogens with two attached hydrogens (primary N) is 1. The second-order valence-corrected chi connectivity index (χ2v) is 4.49. The van der Waals surface area contributed by atoms with Crippen molar-refractivity contribution < 1.29 is 12.3 Å². The van der Waals surface area contributed by atoms with Gasteiger partial charge in [-0.2, -0.15) is 8.42 Å². The molecular formula is C10H8FNO2S. The minimum absolute atomic E-state index is 0.306. The summed E-state index contributed by atoms with van der Waals surface area (Å²) in [7, 11) is -4.70. The molecule has 0 saturated heterocycles. The van der Waals surface area contributed by atoms with E-state index in [1.165, 1.54) is 18.2 Å². The predicted octanol–water partition coefficient (Wildman–Crippen LogP) is 2.08. The van der Waals surface area contributed by atoms with Gasteiger partial charge in [-0.1, -0.05) is 18.2 Å². The lowest BCUT2D eigenvalue weighted by Crippen LogP contribution is -1.94. The lowest BCUT2D eigenvalue weighted by Gasteiger charge is -2.03. The number of halogens is 1. The van der Waals surface area contributed by atoms with Crippen LogP contribution in [0.25, 0.3) is 10.8 Å². The fourth-order valence-corrected chi connectivity index (χ4v) is 2.15. The summed E-state index contributed by atoms with van der Waals surface area (Å²) in [6.07, 6.45) is 0. The van der Waals surface area contributed by atoms with Crippen LogP contribution >= 0.6 is 0 Å². The molecule has 0 aliphatic heterocycles. The summed E-state index contributed by atoms with van der Waals surface area (Å²) < 4.78 is 34.6. The van der Waals surface area contributed by atoms with Crippen LogP contribution in [-0.2, 0) is 10.2 Å². The molecule has 0 radical (unpaired) electrons. The van der Waals surface area contributed by atoms with Crippen molar-refractivity contribution in [3.05, 3.63) is 36.4 Å². The van der Waals surface area contributed by atoms with E-state index >= 15 is 0 Å². The number of benzene rings is 2. The van der Waals surface area contributed by atoms with E-state index in [-0.39, 0.29) is 4.90 Å². The lowest BCUT2D eigenvalue weighted by atomic mass is 10.1. The molecule has 0 aromatic heterocycles. The summed E-state index contributed by atoms with van der Waals surface area (Å²) >= 11 is 0. The van der Waals surface area contributed by atoms with E-state index in [0.717, 1.165) is 0 Å².